The normalized spacial score (nSPS) is 13.0. The summed E-state index contributed by atoms with van der Waals surface area (Å²) in [7, 11) is 0. The van der Waals surface area contributed by atoms with Gasteiger partial charge in [-0.15, -0.1) is 0 Å². The quantitative estimate of drug-likeness (QED) is 0.0262. The van der Waals surface area contributed by atoms with E-state index in [4.69, 9.17) is 14.2 Å². The van der Waals surface area contributed by atoms with Gasteiger partial charge in [0.1, 0.15) is 13.2 Å². The fourth-order valence-corrected chi connectivity index (χ4v) is 7.14. The summed E-state index contributed by atoms with van der Waals surface area (Å²) in [6.45, 7) is 6.31. The van der Waals surface area contributed by atoms with Crippen molar-refractivity contribution in [1.82, 2.24) is 0 Å². The summed E-state index contributed by atoms with van der Waals surface area (Å²) in [5.74, 6) is -0.950. The molecule has 0 aromatic heterocycles. The fraction of sp³-hybridized carbons (Fsp3) is 0.629. The first kappa shape index (κ1) is 63.8. The first-order chi connectivity index (χ1) is 33.5. The van der Waals surface area contributed by atoms with E-state index < -0.39 is 6.10 Å². The zero-order valence-electron chi connectivity index (χ0n) is 43.8. The van der Waals surface area contributed by atoms with Crippen LogP contribution >= 0.6 is 0 Å². The van der Waals surface area contributed by atoms with Gasteiger partial charge in [0, 0.05) is 19.3 Å². The number of hydrogen-bond donors (Lipinski definition) is 0. The summed E-state index contributed by atoms with van der Waals surface area (Å²) in [6, 6.07) is 0. The predicted molar refractivity (Wildman–Crippen MR) is 293 cm³/mol. The highest BCUT2D eigenvalue weighted by atomic mass is 16.6. The van der Waals surface area contributed by atoms with Crippen LogP contribution in [0.4, 0.5) is 0 Å². The third kappa shape index (κ3) is 52.8. The lowest BCUT2D eigenvalue weighted by molar-refractivity contribution is -0.167. The molecule has 0 aromatic rings. The van der Waals surface area contributed by atoms with Crippen LogP contribution in [0.2, 0.25) is 0 Å². The monoisotopic (exact) mass is 941 g/mol. The number of ether oxygens (including phenoxy) is 3. The first-order valence-electron chi connectivity index (χ1n) is 27.5. The molecular weight excluding hydrogens is 841 g/mol. The highest BCUT2D eigenvalue weighted by Crippen LogP contribution is 2.14. The Morgan fingerprint density at radius 1 is 0.309 bits per heavy atom. The van der Waals surface area contributed by atoms with Crippen LogP contribution in [0.5, 0.6) is 0 Å². The molecule has 0 rings (SSSR count). The maximum Gasteiger partial charge on any atom is 0.306 e. The molecule has 384 valence electrons. The summed E-state index contributed by atoms with van der Waals surface area (Å²) in [5, 5.41) is 0. The minimum absolute atomic E-state index is 0.0961. The lowest BCUT2D eigenvalue weighted by Crippen LogP contribution is -2.30. The third-order valence-electron chi connectivity index (χ3n) is 11.2. The van der Waals surface area contributed by atoms with Crippen molar-refractivity contribution in [3.05, 3.63) is 122 Å². The molecule has 1 atom stereocenters. The highest BCUT2D eigenvalue weighted by Gasteiger charge is 2.19. The molecule has 0 fully saturated rings. The molecule has 0 amide bonds. The molecule has 0 spiro atoms. The molecule has 0 N–H and O–H groups in total. The Morgan fingerprint density at radius 2 is 0.574 bits per heavy atom. The van der Waals surface area contributed by atoms with E-state index in [-0.39, 0.29) is 37.5 Å². The predicted octanol–water partition coefficient (Wildman–Crippen LogP) is 18.5. The Balaban J connectivity index is 4.25. The van der Waals surface area contributed by atoms with Gasteiger partial charge in [0.05, 0.1) is 0 Å². The Labute approximate surface area is 418 Å². The minimum atomic E-state index is -0.798. The molecule has 0 aromatic carbocycles. The van der Waals surface area contributed by atoms with Crippen molar-refractivity contribution >= 4 is 17.9 Å². The van der Waals surface area contributed by atoms with Crippen molar-refractivity contribution < 1.29 is 28.6 Å². The second kappa shape index (κ2) is 55.4. The zero-order chi connectivity index (χ0) is 49.3. The molecule has 0 saturated heterocycles. The maximum atomic E-state index is 12.8. The Kier molecular flexibility index (Phi) is 52.0. The zero-order valence-corrected chi connectivity index (χ0v) is 43.8. The van der Waals surface area contributed by atoms with Crippen LogP contribution in [0.1, 0.15) is 233 Å². The van der Waals surface area contributed by atoms with Crippen molar-refractivity contribution in [2.24, 2.45) is 0 Å². The van der Waals surface area contributed by atoms with Gasteiger partial charge in [0.15, 0.2) is 6.10 Å². The van der Waals surface area contributed by atoms with E-state index in [1.54, 1.807) is 0 Å². The Bertz CT molecular complexity index is 1450. The summed E-state index contributed by atoms with van der Waals surface area (Å²) < 4.78 is 16.7. The van der Waals surface area contributed by atoms with Crippen molar-refractivity contribution in [2.45, 2.75) is 239 Å². The molecule has 1 unspecified atom stereocenters. The number of hydrogen-bond acceptors (Lipinski definition) is 6. The van der Waals surface area contributed by atoms with E-state index in [0.29, 0.717) is 12.8 Å². The van der Waals surface area contributed by atoms with E-state index in [9.17, 15) is 14.4 Å². The Hall–Kier alpha value is -4.19. The summed E-state index contributed by atoms with van der Waals surface area (Å²) in [6.07, 6.45) is 76.4. The van der Waals surface area contributed by atoms with Gasteiger partial charge in [-0.25, -0.2) is 0 Å². The van der Waals surface area contributed by atoms with Gasteiger partial charge in [-0.2, -0.15) is 0 Å². The molecule has 0 bridgehead atoms. The van der Waals surface area contributed by atoms with Crippen molar-refractivity contribution in [2.75, 3.05) is 13.2 Å². The van der Waals surface area contributed by atoms with Crippen LogP contribution in [-0.2, 0) is 28.6 Å². The summed E-state index contributed by atoms with van der Waals surface area (Å²) in [5.41, 5.74) is 0. The van der Waals surface area contributed by atoms with Crippen LogP contribution in [0.3, 0.4) is 0 Å². The van der Waals surface area contributed by atoms with E-state index in [1.807, 2.05) is 0 Å². The van der Waals surface area contributed by atoms with Crippen LogP contribution in [0.15, 0.2) is 122 Å². The molecule has 0 heterocycles. The van der Waals surface area contributed by atoms with E-state index >= 15 is 0 Å². The number of unbranched alkanes of at least 4 members (excludes halogenated alkanes) is 17. The van der Waals surface area contributed by atoms with Crippen molar-refractivity contribution in [3.63, 3.8) is 0 Å². The van der Waals surface area contributed by atoms with Gasteiger partial charge in [0.2, 0.25) is 0 Å². The molecule has 0 aliphatic heterocycles. The maximum absolute atomic E-state index is 12.8. The topological polar surface area (TPSA) is 78.9 Å². The van der Waals surface area contributed by atoms with Gasteiger partial charge < -0.3 is 14.2 Å². The van der Waals surface area contributed by atoms with Crippen molar-refractivity contribution in [3.8, 4) is 0 Å². The molecule has 6 nitrogen and oxygen atoms in total. The van der Waals surface area contributed by atoms with Gasteiger partial charge >= 0.3 is 17.9 Å². The van der Waals surface area contributed by atoms with E-state index in [1.165, 1.54) is 57.8 Å². The third-order valence-corrected chi connectivity index (χ3v) is 11.2. The SMILES string of the molecule is CC/C=C\C/C=C\C/C=C\C/C=C\C/C=C\CCCCCCCCCCCC(=O)OCC(COC(=O)CCCCCCCC)OC(=O)CCCCC/C=C\C/C=C\C/C=C\C/C=C\C/C=C\CC. The smallest absolute Gasteiger partial charge is 0.306 e. The van der Waals surface area contributed by atoms with E-state index in [2.05, 4.69) is 142 Å². The first-order valence-corrected chi connectivity index (χ1v) is 27.5. The van der Waals surface area contributed by atoms with Gasteiger partial charge in [-0.05, 0) is 109 Å². The molecule has 0 radical (unpaired) electrons. The number of carbonyl (C=O) groups excluding carboxylic acids is 3. The van der Waals surface area contributed by atoms with E-state index in [0.717, 1.165) is 135 Å². The lowest BCUT2D eigenvalue weighted by atomic mass is 10.1. The van der Waals surface area contributed by atoms with Crippen LogP contribution in [0.25, 0.3) is 0 Å². The molecular formula is C62H100O6. The number of rotatable bonds is 48. The van der Waals surface area contributed by atoms with Crippen LogP contribution in [-0.4, -0.2) is 37.2 Å². The number of carbonyl (C=O) groups is 3. The molecule has 68 heavy (non-hydrogen) atoms. The minimum Gasteiger partial charge on any atom is -0.462 e. The summed E-state index contributed by atoms with van der Waals surface area (Å²) >= 11 is 0. The largest absolute Gasteiger partial charge is 0.462 e. The second-order valence-electron chi connectivity index (χ2n) is 17.7. The van der Waals surface area contributed by atoms with Crippen LogP contribution in [0, 0.1) is 0 Å². The molecule has 0 saturated carbocycles. The average Bonchev–Trinajstić information content (AvgIpc) is 3.34. The number of esters is 3. The van der Waals surface area contributed by atoms with Gasteiger partial charge in [-0.3, -0.25) is 14.4 Å². The van der Waals surface area contributed by atoms with Crippen LogP contribution < -0.4 is 0 Å². The molecule has 0 aliphatic carbocycles. The number of allylic oxidation sites excluding steroid dienone is 20. The highest BCUT2D eigenvalue weighted by molar-refractivity contribution is 5.71. The second-order valence-corrected chi connectivity index (χ2v) is 17.7. The standard InChI is InChI=1S/C62H100O6/c1-4-7-10-13-16-18-20-22-24-26-28-29-30-31-32-33-35-36-38-40-42-44-46-49-52-55-61(64)67-58-59(57-66-60(63)54-51-48-15-12-9-6-3)68-62(65)56-53-50-47-45-43-41-39-37-34-27-25-23-21-19-17-14-11-8-5-2/h7-8,10-11,16-19,22-25,28-29,31-32,34,37,41,43,59H,4-6,9,12-15,20-21,26-27,30,33,35-36,38-40,42,44-58H2,1-3H3/b10-7-,11-8-,18-16-,19-17-,24-22-,25-23-,29-28-,32-31-,37-34-,43-41-. The average molecular weight is 941 g/mol. The summed E-state index contributed by atoms with van der Waals surface area (Å²) in [4.78, 5) is 37.8. The lowest BCUT2D eigenvalue weighted by Gasteiger charge is -2.18. The molecule has 6 heteroatoms. The fourth-order valence-electron chi connectivity index (χ4n) is 7.14. The van der Waals surface area contributed by atoms with Gasteiger partial charge in [0.25, 0.3) is 0 Å². The molecule has 0 aliphatic rings. The van der Waals surface area contributed by atoms with Gasteiger partial charge in [-0.1, -0.05) is 226 Å². The Morgan fingerprint density at radius 3 is 0.912 bits per heavy atom. The van der Waals surface area contributed by atoms with Crippen molar-refractivity contribution in [1.29, 1.82) is 0 Å².